The van der Waals surface area contributed by atoms with E-state index >= 15 is 0 Å². The Morgan fingerprint density at radius 3 is 2.33 bits per heavy atom. The van der Waals surface area contributed by atoms with Crippen LogP contribution in [0.15, 0.2) is 39.3 Å². The lowest BCUT2D eigenvalue weighted by Gasteiger charge is -2.07. The molecule has 0 bridgehead atoms. The zero-order chi connectivity index (χ0) is 22.4. The number of H-pyrrole nitrogens is 1. The van der Waals surface area contributed by atoms with Crippen LogP contribution in [0.4, 0.5) is 9.59 Å². The highest BCUT2D eigenvalue weighted by atomic mass is 16.2. The molecule has 0 radical (unpaired) electrons. The average Bonchev–Trinajstić information content (AvgIpc) is 3.25. The maximum atomic E-state index is 12.5. The van der Waals surface area contributed by atoms with Crippen LogP contribution in [0.25, 0.3) is 6.08 Å². The molecule has 0 saturated heterocycles. The van der Waals surface area contributed by atoms with Gasteiger partial charge in [-0.15, -0.1) is 5.01 Å². The first-order valence-electron chi connectivity index (χ1n) is 9.55. The van der Waals surface area contributed by atoms with E-state index in [1.165, 1.54) is 14.1 Å². The van der Waals surface area contributed by atoms with Crippen molar-refractivity contribution < 1.29 is 14.4 Å². The van der Waals surface area contributed by atoms with Crippen LogP contribution in [-0.2, 0) is 11.2 Å². The Labute approximate surface area is 174 Å². The van der Waals surface area contributed by atoms with Crippen molar-refractivity contribution in [2.45, 2.75) is 33.6 Å². The number of aryl methyl sites for hydroxylation is 1. The van der Waals surface area contributed by atoms with Crippen LogP contribution in [0.3, 0.4) is 0 Å². The Bertz CT molecular complexity index is 1040. The monoisotopic (exact) mass is 414 g/mol. The summed E-state index contributed by atoms with van der Waals surface area (Å²) >= 11 is 0. The number of carbonyl (C=O) groups is 3. The van der Waals surface area contributed by atoms with E-state index in [0.717, 1.165) is 15.3 Å². The summed E-state index contributed by atoms with van der Waals surface area (Å²) in [5, 5.41) is 12.4. The molecule has 0 aromatic carbocycles. The summed E-state index contributed by atoms with van der Waals surface area (Å²) in [5.74, 6) is -0.494. The fourth-order valence-corrected chi connectivity index (χ4v) is 2.81. The third kappa shape index (κ3) is 4.48. The van der Waals surface area contributed by atoms with Gasteiger partial charge in [0.15, 0.2) is 0 Å². The van der Waals surface area contributed by atoms with Crippen molar-refractivity contribution in [1.29, 1.82) is 0 Å². The molecular formula is C20H26N6O4. The van der Waals surface area contributed by atoms with Gasteiger partial charge >= 0.3 is 12.1 Å². The van der Waals surface area contributed by atoms with Gasteiger partial charge in [-0.25, -0.2) is 9.59 Å². The molecule has 3 N–H and O–H groups in total. The largest absolute Gasteiger partial charge is 0.345 e. The van der Waals surface area contributed by atoms with E-state index in [1.54, 1.807) is 24.3 Å². The lowest BCUT2D eigenvalue weighted by Crippen LogP contribution is -2.36. The van der Waals surface area contributed by atoms with Crippen molar-refractivity contribution >= 4 is 29.8 Å². The van der Waals surface area contributed by atoms with Gasteiger partial charge in [-0.2, -0.15) is 9.78 Å². The van der Waals surface area contributed by atoms with E-state index in [-0.39, 0.29) is 0 Å². The highest BCUT2D eigenvalue weighted by molar-refractivity contribution is 6.27. The minimum atomic E-state index is -0.595. The quantitative estimate of drug-likeness (QED) is 0.501. The summed E-state index contributed by atoms with van der Waals surface area (Å²) < 4.78 is 0.925. The predicted molar refractivity (Wildman–Crippen MR) is 114 cm³/mol. The predicted octanol–water partition coefficient (Wildman–Crippen LogP) is 1.76. The van der Waals surface area contributed by atoms with Crippen molar-refractivity contribution in [3.05, 3.63) is 51.0 Å². The van der Waals surface area contributed by atoms with E-state index in [0.29, 0.717) is 35.4 Å². The number of hydrogen-bond donors (Lipinski definition) is 3. The molecule has 4 amide bonds. The van der Waals surface area contributed by atoms with Crippen molar-refractivity contribution in [2.24, 2.45) is 5.10 Å². The Hall–Kier alpha value is -3.69. The molecule has 1 aliphatic heterocycles. The highest BCUT2D eigenvalue weighted by Crippen LogP contribution is 2.18. The molecule has 1 aromatic rings. The average molecular weight is 414 g/mol. The zero-order valence-corrected chi connectivity index (χ0v) is 17.7. The lowest BCUT2D eigenvalue weighted by molar-refractivity contribution is -0.123. The van der Waals surface area contributed by atoms with Crippen LogP contribution in [0, 0.1) is 0 Å². The van der Waals surface area contributed by atoms with Crippen molar-refractivity contribution in [1.82, 2.24) is 25.4 Å². The van der Waals surface area contributed by atoms with Crippen molar-refractivity contribution in [3.63, 3.8) is 0 Å². The molecule has 0 atom stereocenters. The molecule has 2 rings (SSSR count). The van der Waals surface area contributed by atoms with Gasteiger partial charge in [0.2, 0.25) is 0 Å². The van der Waals surface area contributed by atoms with E-state index in [2.05, 4.69) is 20.8 Å². The van der Waals surface area contributed by atoms with Crippen LogP contribution < -0.4 is 16.2 Å². The van der Waals surface area contributed by atoms with Gasteiger partial charge in [0.05, 0.1) is 16.8 Å². The van der Waals surface area contributed by atoms with Crippen LogP contribution in [-0.4, -0.2) is 52.6 Å². The second-order valence-corrected chi connectivity index (χ2v) is 6.45. The van der Waals surface area contributed by atoms with Gasteiger partial charge in [-0.1, -0.05) is 31.6 Å². The van der Waals surface area contributed by atoms with E-state index in [9.17, 15) is 19.2 Å². The molecule has 30 heavy (non-hydrogen) atoms. The highest BCUT2D eigenvalue weighted by Gasteiger charge is 2.32. The number of hydrazone groups is 1. The fourth-order valence-electron chi connectivity index (χ4n) is 2.81. The van der Waals surface area contributed by atoms with Crippen LogP contribution in [0.5, 0.6) is 0 Å². The molecule has 1 aliphatic rings. The summed E-state index contributed by atoms with van der Waals surface area (Å²) in [6, 6.07) is -1.14. The third-order valence-corrected chi connectivity index (χ3v) is 4.50. The molecule has 10 nitrogen and oxygen atoms in total. The van der Waals surface area contributed by atoms with Gasteiger partial charge in [-0.05, 0) is 31.9 Å². The maximum Gasteiger partial charge on any atom is 0.345 e. The summed E-state index contributed by atoms with van der Waals surface area (Å²) in [5.41, 5.74) is 2.20. The number of urea groups is 1. The Morgan fingerprint density at radius 1 is 1.10 bits per heavy atom. The van der Waals surface area contributed by atoms with Gasteiger partial charge in [-0.3, -0.25) is 14.7 Å². The smallest absolute Gasteiger partial charge is 0.339 e. The van der Waals surface area contributed by atoms with Crippen molar-refractivity contribution in [3.8, 4) is 0 Å². The van der Waals surface area contributed by atoms with Crippen LogP contribution in [0.1, 0.15) is 38.4 Å². The molecule has 0 fully saturated rings. The number of rotatable bonds is 5. The van der Waals surface area contributed by atoms with Gasteiger partial charge in [0.25, 0.3) is 11.5 Å². The second kappa shape index (κ2) is 9.68. The van der Waals surface area contributed by atoms with Gasteiger partial charge in [0, 0.05) is 19.8 Å². The number of aromatic amines is 1. The van der Waals surface area contributed by atoms with E-state index in [4.69, 9.17) is 0 Å². The van der Waals surface area contributed by atoms with Crippen LogP contribution >= 0.6 is 0 Å². The summed E-state index contributed by atoms with van der Waals surface area (Å²) in [6.45, 7) is 5.53. The number of nitrogens with zero attached hydrogens (tertiary/aromatic N) is 3. The molecule has 160 valence electrons. The molecule has 0 unspecified atom stereocenters. The number of hydrogen-bond acceptors (Lipinski definition) is 5. The van der Waals surface area contributed by atoms with Crippen LogP contribution in [0.2, 0.25) is 0 Å². The maximum absolute atomic E-state index is 12.5. The number of imide groups is 1. The summed E-state index contributed by atoms with van der Waals surface area (Å²) in [4.78, 5) is 48.5. The summed E-state index contributed by atoms with van der Waals surface area (Å²) in [6.07, 6.45) is 7.70. The number of aromatic nitrogens is 2. The number of carbonyl (C=O) groups excluding carboxylic acids is 3. The molecule has 0 saturated carbocycles. The second-order valence-electron chi connectivity index (χ2n) is 6.45. The van der Waals surface area contributed by atoms with Gasteiger partial charge < -0.3 is 10.6 Å². The van der Waals surface area contributed by atoms with Gasteiger partial charge in [0.1, 0.15) is 0 Å². The van der Waals surface area contributed by atoms with E-state index < -0.39 is 23.5 Å². The number of amides is 4. The molecule has 1 aromatic heterocycles. The first-order valence-corrected chi connectivity index (χ1v) is 9.55. The molecule has 0 aliphatic carbocycles. The Kier molecular flexibility index (Phi) is 7.29. The SMILES string of the molecule is CCC1=NN(C(=O)NC)C(=O)C1=CC=C(C)C=Cc1c(CC)[nH]n(C(=O)NC)c1=O. The van der Waals surface area contributed by atoms with E-state index in [1.807, 2.05) is 20.8 Å². The molecular weight excluding hydrogens is 388 g/mol. The first-order chi connectivity index (χ1) is 14.3. The lowest BCUT2D eigenvalue weighted by atomic mass is 10.1. The molecule has 0 spiro atoms. The summed E-state index contributed by atoms with van der Waals surface area (Å²) in [7, 11) is 2.87. The zero-order valence-electron chi connectivity index (χ0n) is 17.7. The first kappa shape index (κ1) is 22.6. The third-order valence-electron chi connectivity index (χ3n) is 4.50. The number of nitrogens with one attached hydrogen (secondary N) is 3. The standard InChI is InChI=1S/C20H26N6O4/c1-6-15-13(17(27)25(23-15)19(29)21-4)10-8-12(3)9-11-14-16(7-2)24-26(18(14)28)20(30)22-5/h8-11,23H,6-7H2,1-5H3,(H,21,29)(H,22,30). The number of allylic oxidation sites excluding steroid dienone is 4. The minimum absolute atomic E-state index is 0.340. The fraction of sp³-hybridized carbons (Fsp3) is 0.350. The normalized spacial score (nSPS) is 15.8. The minimum Gasteiger partial charge on any atom is -0.339 e. The topological polar surface area (TPSA) is 129 Å². The molecule has 10 heteroatoms. The van der Waals surface area contributed by atoms with Crippen molar-refractivity contribution in [2.75, 3.05) is 14.1 Å². The Balaban J connectivity index is 2.30. The molecule has 2 heterocycles. The Morgan fingerprint density at radius 2 is 1.77 bits per heavy atom.